The Balaban J connectivity index is 1.99. The Kier molecular flexibility index (Phi) is 4.53. The molecule has 0 unspecified atom stereocenters. The number of hydrogen-bond donors (Lipinski definition) is 1. The van der Waals surface area contributed by atoms with Gasteiger partial charge in [0.1, 0.15) is 11.8 Å². The van der Waals surface area contributed by atoms with Gasteiger partial charge in [0.25, 0.3) is 0 Å². The number of amides is 1. The van der Waals surface area contributed by atoms with Crippen molar-refractivity contribution in [2.75, 3.05) is 27.2 Å². The second kappa shape index (κ2) is 6.34. The van der Waals surface area contributed by atoms with Gasteiger partial charge in [0.15, 0.2) is 5.78 Å². The molecule has 0 atom stereocenters. The van der Waals surface area contributed by atoms with E-state index in [2.05, 4.69) is 5.32 Å². The van der Waals surface area contributed by atoms with Crippen LogP contribution in [0.25, 0.3) is 11.0 Å². The molecule has 0 bridgehead atoms. The molecule has 0 saturated carbocycles. The SMILES string of the molecule is CNC(=O)CCN(C)CC(=O)c1coc2ccccc12. The molecule has 1 amide bonds. The van der Waals surface area contributed by atoms with E-state index in [1.54, 1.807) is 7.05 Å². The molecule has 5 nitrogen and oxygen atoms in total. The topological polar surface area (TPSA) is 62.6 Å². The van der Waals surface area contributed by atoms with Gasteiger partial charge in [-0.3, -0.25) is 14.5 Å². The average molecular weight is 274 g/mol. The van der Waals surface area contributed by atoms with E-state index in [0.717, 1.165) is 5.39 Å². The lowest BCUT2D eigenvalue weighted by atomic mass is 10.1. The van der Waals surface area contributed by atoms with Gasteiger partial charge >= 0.3 is 0 Å². The van der Waals surface area contributed by atoms with Crippen LogP contribution in [-0.4, -0.2) is 43.8 Å². The monoisotopic (exact) mass is 274 g/mol. The van der Waals surface area contributed by atoms with Crippen LogP contribution < -0.4 is 5.32 Å². The minimum Gasteiger partial charge on any atom is -0.464 e. The molecule has 0 aliphatic rings. The van der Waals surface area contributed by atoms with Gasteiger partial charge in [0.05, 0.1) is 12.1 Å². The first kappa shape index (κ1) is 14.3. The Labute approximate surface area is 117 Å². The predicted octanol–water partition coefficient (Wildman–Crippen LogP) is 1.68. The highest BCUT2D eigenvalue weighted by atomic mass is 16.3. The third-order valence-electron chi connectivity index (χ3n) is 3.19. The van der Waals surface area contributed by atoms with Crippen LogP contribution in [-0.2, 0) is 4.79 Å². The van der Waals surface area contributed by atoms with Crippen LogP contribution in [0.2, 0.25) is 0 Å². The maximum absolute atomic E-state index is 12.2. The summed E-state index contributed by atoms with van der Waals surface area (Å²) in [7, 11) is 3.42. The molecule has 0 saturated heterocycles. The maximum atomic E-state index is 12.2. The molecule has 2 rings (SSSR count). The van der Waals surface area contributed by atoms with Crippen molar-refractivity contribution in [3.63, 3.8) is 0 Å². The summed E-state index contributed by atoms with van der Waals surface area (Å²) in [4.78, 5) is 25.2. The van der Waals surface area contributed by atoms with Gasteiger partial charge in [-0.05, 0) is 13.1 Å². The van der Waals surface area contributed by atoms with E-state index in [1.807, 2.05) is 36.2 Å². The molecule has 0 spiro atoms. The molecule has 106 valence electrons. The molecule has 5 heteroatoms. The highest BCUT2D eigenvalue weighted by Crippen LogP contribution is 2.21. The number of carbonyl (C=O) groups is 2. The van der Waals surface area contributed by atoms with Crippen molar-refractivity contribution in [2.45, 2.75) is 6.42 Å². The molecular formula is C15H18N2O3. The Hall–Kier alpha value is -2.14. The van der Waals surface area contributed by atoms with Crippen molar-refractivity contribution in [1.82, 2.24) is 10.2 Å². The standard InChI is InChI=1S/C15H18N2O3/c1-16-15(19)7-8-17(2)9-13(18)12-10-20-14-6-4-3-5-11(12)14/h3-6,10H,7-9H2,1-2H3,(H,16,19). The van der Waals surface area contributed by atoms with Crippen LogP contribution in [0.4, 0.5) is 0 Å². The van der Waals surface area contributed by atoms with Gasteiger partial charge in [-0.15, -0.1) is 0 Å². The smallest absolute Gasteiger partial charge is 0.221 e. The van der Waals surface area contributed by atoms with Gasteiger partial charge in [0, 0.05) is 25.4 Å². The number of rotatable bonds is 6. The Morgan fingerprint density at radius 3 is 2.80 bits per heavy atom. The number of ketones is 1. The Morgan fingerprint density at radius 1 is 1.30 bits per heavy atom. The van der Waals surface area contributed by atoms with Gasteiger partial charge in [-0.2, -0.15) is 0 Å². The molecule has 2 aromatic rings. The van der Waals surface area contributed by atoms with Crippen molar-refractivity contribution < 1.29 is 14.0 Å². The van der Waals surface area contributed by atoms with Crippen LogP contribution in [0.3, 0.4) is 0 Å². The second-order valence-electron chi connectivity index (χ2n) is 4.73. The molecule has 0 aliphatic heterocycles. The minimum atomic E-state index is -0.0296. The zero-order valence-corrected chi connectivity index (χ0v) is 11.7. The van der Waals surface area contributed by atoms with E-state index in [-0.39, 0.29) is 18.2 Å². The summed E-state index contributed by atoms with van der Waals surface area (Å²) in [6.45, 7) is 0.807. The van der Waals surface area contributed by atoms with Crippen molar-refractivity contribution in [1.29, 1.82) is 0 Å². The molecular weight excluding hydrogens is 256 g/mol. The van der Waals surface area contributed by atoms with Gasteiger partial charge in [-0.1, -0.05) is 18.2 Å². The van der Waals surface area contributed by atoms with Gasteiger partial charge < -0.3 is 9.73 Å². The fourth-order valence-electron chi connectivity index (χ4n) is 2.02. The molecule has 0 radical (unpaired) electrons. The molecule has 1 N–H and O–H groups in total. The largest absolute Gasteiger partial charge is 0.464 e. The zero-order chi connectivity index (χ0) is 14.5. The second-order valence-corrected chi connectivity index (χ2v) is 4.73. The van der Waals surface area contributed by atoms with Crippen LogP contribution in [0, 0.1) is 0 Å². The minimum absolute atomic E-state index is 0.00523. The summed E-state index contributed by atoms with van der Waals surface area (Å²) in [6.07, 6.45) is 1.88. The fourth-order valence-corrected chi connectivity index (χ4v) is 2.02. The first-order valence-corrected chi connectivity index (χ1v) is 6.50. The summed E-state index contributed by atoms with van der Waals surface area (Å²) < 4.78 is 5.36. The number of Topliss-reactive ketones (excluding diaryl/α,β-unsaturated/α-hetero) is 1. The number of carbonyl (C=O) groups excluding carboxylic acids is 2. The number of likely N-dealkylation sites (N-methyl/N-ethyl adjacent to an activating group) is 1. The van der Waals surface area contributed by atoms with E-state index in [9.17, 15) is 9.59 Å². The van der Waals surface area contributed by atoms with E-state index in [4.69, 9.17) is 4.42 Å². The number of furan rings is 1. The molecule has 0 fully saturated rings. The molecule has 1 aromatic heterocycles. The van der Waals surface area contributed by atoms with Crippen molar-refractivity contribution in [3.05, 3.63) is 36.1 Å². The maximum Gasteiger partial charge on any atom is 0.221 e. The van der Waals surface area contributed by atoms with Crippen molar-refractivity contribution in [3.8, 4) is 0 Å². The molecule has 1 heterocycles. The lowest BCUT2D eigenvalue weighted by Gasteiger charge is -2.14. The first-order valence-electron chi connectivity index (χ1n) is 6.50. The lowest BCUT2D eigenvalue weighted by molar-refractivity contribution is -0.120. The van der Waals surface area contributed by atoms with E-state index < -0.39 is 0 Å². The van der Waals surface area contributed by atoms with E-state index in [0.29, 0.717) is 24.1 Å². The van der Waals surface area contributed by atoms with Crippen LogP contribution in [0.15, 0.2) is 34.9 Å². The van der Waals surface area contributed by atoms with E-state index in [1.165, 1.54) is 6.26 Å². The number of hydrogen-bond acceptors (Lipinski definition) is 4. The summed E-state index contributed by atoms with van der Waals surface area (Å²) in [5, 5.41) is 3.39. The third-order valence-corrected chi connectivity index (χ3v) is 3.19. The summed E-state index contributed by atoms with van der Waals surface area (Å²) in [5.74, 6) is -0.0348. The fraction of sp³-hybridized carbons (Fsp3) is 0.333. The highest BCUT2D eigenvalue weighted by molar-refractivity contribution is 6.08. The third kappa shape index (κ3) is 3.24. The van der Waals surface area contributed by atoms with Gasteiger partial charge in [0.2, 0.25) is 5.91 Å². The number of nitrogens with zero attached hydrogens (tertiary/aromatic N) is 1. The molecule has 20 heavy (non-hydrogen) atoms. The highest BCUT2D eigenvalue weighted by Gasteiger charge is 2.15. The van der Waals surface area contributed by atoms with Crippen LogP contribution >= 0.6 is 0 Å². The number of fused-ring (bicyclic) bond motifs is 1. The van der Waals surface area contributed by atoms with Crippen LogP contribution in [0.1, 0.15) is 16.8 Å². The Bertz CT molecular complexity index is 618. The predicted molar refractivity (Wildman–Crippen MR) is 76.7 cm³/mol. The van der Waals surface area contributed by atoms with E-state index >= 15 is 0 Å². The first-order chi connectivity index (χ1) is 9.61. The summed E-state index contributed by atoms with van der Waals surface area (Å²) in [5.41, 5.74) is 1.30. The molecule has 1 aromatic carbocycles. The summed E-state index contributed by atoms with van der Waals surface area (Å²) >= 11 is 0. The normalized spacial score (nSPS) is 10.9. The average Bonchev–Trinajstić information content (AvgIpc) is 2.88. The quantitative estimate of drug-likeness (QED) is 0.814. The van der Waals surface area contributed by atoms with Crippen molar-refractivity contribution >= 4 is 22.7 Å². The van der Waals surface area contributed by atoms with Crippen LogP contribution in [0.5, 0.6) is 0 Å². The lowest BCUT2D eigenvalue weighted by Crippen LogP contribution is -2.30. The number of benzene rings is 1. The number of para-hydroxylation sites is 1. The molecule has 0 aliphatic carbocycles. The Morgan fingerprint density at radius 2 is 2.05 bits per heavy atom. The van der Waals surface area contributed by atoms with Crippen molar-refractivity contribution in [2.24, 2.45) is 0 Å². The number of nitrogens with one attached hydrogen (secondary N) is 1. The zero-order valence-electron chi connectivity index (χ0n) is 11.7. The summed E-state index contributed by atoms with van der Waals surface area (Å²) in [6, 6.07) is 7.46. The van der Waals surface area contributed by atoms with Gasteiger partial charge in [-0.25, -0.2) is 0 Å².